The molecule has 0 atom stereocenters. The molecule has 0 N–H and O–H groups in total. The van der Waals surface area contributed by atoms with Crippen LogP contribution in [0.2, 0.25) is 0 Å². The van der Waals surface area contributed by atoms with Gasteiger partial charge in [-0.15, -0.1) is 15.3 Å². The van der Waals surface area contributed by atoms with E-state index in [0.717, 1.165) is 22.7 Å². The van der Waals surface area contributed by atoms with Gasteiger partial charge in [-0.1, -0.05) is 23.4 Å². The van der Waals surface area contributed by atoms with Crippen LogP contribution in [0, 0.1) is 6.92 Å². The van der Waals surface area contributed by atoms with E-state index in [0.29, 0.717) is 17.5 Å². The van der Waals surface area contributed by atoms with Gasteiger partial charge in [-0.05, 0) is 43.3 Å². The second-order valence-corrected chi connectivity index (χ2v) is 5.41. The van der Waals surface area contributed by atoms with Gasteiger partial charge in [0.05, 0.1) is 18.5 Å². The molecule has 0 bridgehead atoms. The van der Waals surface area contributed by atoms with E-state index in [4.69, 9.17) is 9.15 Å². The summed E-state index contributed by atoms with van der Waals surface area (Å²) in [6, 6.07) is 17.2. The predicted octanol–water partition coefficient (Wildman–Crippen LogP) is 3.30. The maximum atomic E-state index is 5.78. The Morgan fingerprint density at radius 2 is 1.60 bits per heavy atom. The van der Waals surface area contributed by atoms with Crippen LogP contribution >= 0.6 is 0 Å². The maximum absolute atomic E-state index is 5.78. The topological polar surface area (TPSA) is 78.9 Å². The molecule has 2 heterocycles. The minimum Gasteiger partial charge on any atom is -0.497 e. The number of hydrogen-bond donors (Lipinski definition) is 0. The quantitative estimate of drug-likeness (QED) is 0.570. The van der Waals surface area contributed by atoms with Gasteiger partial charge in [0.2, 0.25) is 5.89 Å². The Hall–Kier alpha value is -3.48. The molecule has 0 aliphatic heterocycles. The van der Waals surface area contributed by atoms with E-state index in [1.807, 2.05) is 61.5 Å². The van der Waals surface area contributed by atoms with Crippen molar-refractivity contribution in [3.05, 3.63) is 60.3 Å². The zero-order chi connectivity index (χ0) is 17.2. The van der Waals surface area contributed by atoms with Crippen LogP contribution in [0.15, 0.2) is 59.0 Å². The lowest BCUT2D eigenvalue weighted by Gasteiger charge is -2.01. The van der Waals surface area contributed by atoms with Gasteiger partial charge < -0.3 is 9.15 Å². The highest BCUT2D eigenvalue weighted by molar-refractivity contribution is 5.58. The third-order valence-electron chi connectivity index (χ3n) is 3.86. The molecule has 124 valence electrons. The predicted molar refractivity (Wildman–Crippen MR) is 91.4 cm³/mol. The second-order valence-electron chi connectivity index (χ2n) is 5.41. The van der Waals surface area contributed by atoms with Crippen LogP contribution in [0.1, 0.15) is 5.69 Å². The smallest absolute Gasteiger partial charge is 0.270 e. The van der Waals surface area contributed by atoms with Crippen LogP contribution in [0.3, 0.4) is 0 Å². The van der Waals surface area contributed by atoms with E-state index < -0.39 is 0 Å². The lowest BCUT2D eigenvalue weighted by atomic mass is 10.2. The highest BCUT2D eigenvalue weighted by Gasteiger charge is 2.18. The van der Waals surface area contributed by atoms with E-state index in [1.54, 1.807) is 11.8 Å². The number of nitrogens with zero attached hydrogens (tertiary/aromatic N) is 5. The minimum absolute atomic E-state index is 0.338. The molecular formula is C18H15N5O2. The Balaban J connectivity index is 1.67. The summed E-state index contributed by atoms with van der Waals surface area (Å²) in [5, 5.41) is 16.6. The van der Waals surface area contributed by atoms with Gasteiger partial charge in [-0.2, -0.15) is 0 Å². The molecule has 0 unspecified atom stereocenters. The van der Waals surface area contributed by atoms with Gasteiger partial charge in [-0.3, -0.25) is 0 Å². The molecule has 2 aromatic carbocycles. The second kappa shape index (κ2) is 6.20. The molecule has 25 heavy (non-hydrogen) atoms. The standard InChI is InChI=1S/C18H15N5O2/c1-12-16(19-22-23(12)14-6-4-3-5-7-14)18-21-20-17(25-18)13-8-10-15(24-2)11-9-13/h3-11H,1-2H3. The lowest BCUT2D eigenvalue weighted by molar-refractivity contribution is 0.415. The first-order valence-corrected chi connectivity index (χ1v) is 7.72. The normalized spacial score (nSPS) is 10.8. The number of ether oxygens (including phenoxy) is 1. The molecule has 7 nitrogen and oxygen atoms in total. The average Bonchev–Trinajstić information content (AvgIpc) is 3.29. The molecule has 0 radical (unpaired) electrons. The summed E-state index contributed by atoms with van der Waals surface area (Å²) in [5.41, 5.74) is 3.13. The first-order chi connectivity index (χ1) is 12.3. The maximum Gasteiger partial charge on any atom is 0.270 e. The van der Waals surface area contributed by atoms with Crippen LogP contribution in [0.4, 0.5) is 0 Å². The first kappa shape index (κ1) is 15.1. The summed E-state index contributed by atoms with van der Waals surface area (Å²) >= 11 is 0. The Morgan fingerprint density at radius 1 is 0.880 bits per heavy atom. The number of methoxy groups -OCH3 is 1. The van der Waals surface area contributed by atoms with E-state index in [2.05, 4.69) is 20.5 Å². The molecule has 0 aliphatic carbocycles. The summed E-state index contributed by atoms with van der Waals surface area (Å²) in [4.78, 5) is 0. The van der Waals surface area contributed by atoms with Crippen molar-refractivity contribution >= 4 is 0 Å². The molecule has 2 aromatic heterocycles. The summed E-state index contributed by atoms with van der Waals surface area (Å²) < 4.78 is 12.7. The highest BCUT2D eigenvalue weighted by Crippen LogP contribution is 2.26. The van der Waals surface area contributed by atoms with Crippen LogP contribution in [0.5, 0.6) is 5.75 Å². The van der Waals surface area contributed by atoms with Crippen molar-refractivity contribution in [2.45, 2.75) is 6.92 Å². The molecular weight excluding hydrogens is 318 g/mol. The Morgan fingerprint density at radius 3 is 2.32 bits per heavy atom. The van der Waals surface area contributed by atoms with E-state index in [-0.39, 0.29) is 0 Å². The fourth-order valence-electron chi connectivity index (χ4n) is 2.51. The summed E-state index contributed by atoms with van der Waals surface area (Å²) in [7, 11) is 1.62. The fraction of sp³-hybridized carbons (Fsp3) is 0.111. The largest absolute Gasteiger partial charge is 0.497 e. The fourth-order valence-corrected chi connectivity index (χ4v) is 2.51. The van der Waals surface area contributed by atoms with Crippen molar-refractivity contribution in [1.29, 1.82) is 0 Å². The molecule has 0 spiro atoms. The minimum atomic E-state index is 0.338. The molecule has 0 fully saturated rings. The van der Waals surface area contributed by atoms with Crippen LogP contribution in [-0.2, 0) is 0 Å². The Kier molecular flexibility index (Phi) is 3.74. The lowest BCUT2D eigenvalue weighted by Crippen LogP contribution is -1.98. The third-order valence-corrected chi connectivity index (χ3v) is 3.86. The van der Waals surface area contributed by atoms with Crippen molar-refractivity contribution in [2.24, 2.45) is 0 Å². The number of rotatable bonds is 4. The van der Waals surface area contributed by atoms with E-state index >= 15 is 0 Å². The molecule has 0 aliphatic rings. The van der Waals surface area contributed by atoms with E-state index in [9.17, 15) is 0 Å². The molecule has 0 saturated carbocycles. The monoisotopic (exact) mass is 333 g/mol. The van der Waals surface area contributed by atoms with Gasteiger partial charge >= 0.3 is 0 Å². The van der Waals surface area contributed by atoms with Crippen molar-refractivity contribution in [1.82, 2.24) is 25.2 Å². The summed E-state index contributed by atoms with van der Waals surface area (Å²) in [6.07, 6.45) is 0. The van der Waals surface area contributed by atoms with Gasteiger partial charge in [0.25, 0.3) is 5.89 Å². The molecule has 4 aromatic rings. The third kappa shape index (κ3) is 2.76. The summed E-state index contributed by atoms with van der Waals surface area (Å²) in [6.45, 7) is 1.92. The Labute approximate surface area is 143 Å². The zero-order valence-electron chi connectivity index (χ0n) is 13.7. The van der Waals surface area contributed by atoms with Gasteiger partial charge in [0.1, 0.15) is 5.75 Å². The highest BCUT2D eigenvalue weighted by atomic mass is 16.5. The number of hydrogen-bond acceptors (Lipinski definition) is 6. The molecule has 7 heteroatoms. The van der Waals surface area contributed by atoms with Crippen LogP contribution < -0.4 is 4.74 Å². The number of para-hydroxylation sites is 1. The average molecular weight is 333 g/mol. The van der Waals surface area contributed by atoms with Gasteiger partial charge in [-0.25, -0.2) is 4.68 Å². The van der Waals surface area contributed by atoms with Crippen molar-refractivity contribution in [3.8, 4) is 34.5 Å². The van der Waals surface area contributed by atoms with Crippen LogP contribution in [-0.4, -0.2) is 32.3 Å². The first-order valence-electron chi connectivity index (χ1n) is 7.72. The zero-order valence-corrected chi connectivity index (χ0v) is 13.7. The van der Waals surface area contributed by atoms with E-state index in [1.165, 1.54) is 0 Å². The van der Waals surface area contributed by atoms with Crippen LogP contribution in [0.25, 0.3) is 28.7 Å². The number of aromatic nitrogens is 5. The molecule has 0 amide bonds. The molecule has 4 rings (SSSR count). The SMILES string of the molecule is COc1ccc(-c2nnc(-c3nnn(-c4ccccc4)c3C)o2)cc1. The van der Waals surface area contributed by atoms with Crippen molar-refractivity contribution in [2.75, 3.05) is 7.11 Å². The summed E-state index contributed by atoms with van der Waals surface area (Å²) in [5.74, 6) is 1.53. The molecule has 0 saturated heterocycles. The van der Waals surface area contributed by atoms with Gasteiger partial charge in [0, 0.05) is 5.56 Å². The Bertz CT molecular complexity index is 990. The van der Waals surface area contributed by atoms with Crippen molar-refractivity contribution in [3.63, 3.8) is 0 Å². The van der Waals surface area contributed by atoms with Crippen molar-refractivity contribution < 1.29 is 9.15 Å². The van der Waals surface area contributed by atoms with Gasteiger partial charge in [0.15, 0.2) is 5.69 Å². The number of benzene rings is 2.